The number of hydrogen-bond acceptors (Lipinski definition) is 1. The predicted molar refractivity (Wildman–Crippen MR) is 49.2 cm³/mol. The van der Waals surface area contributed by atoms with Crippen molar-refractivity contribution in [1.29, 1.82) is 0 Å². The average Bonchev–Trinajstić information content (AvgIpc) is 1.62. The van der Waals surface area contributed by atoms with Gasteiger partial charge in [-0.25, -0.2) is 0 Å². The molecule has 2 atom stereocenters. The maximum atomic E-state index is 8.68. The Hall–Kier alpha value is 0.998. The predicted octanol–water partition coefficient (Wildman–Crippen LogP) is 1.02. The third-order valence-electron chi connectivity index (χ3n) is 1.54. The van der Waals surface area contributed by atoms with E-state index in [0.29, 0.717) is 16.7 Å². The van der Waals surface area contributed by atoms with Crippen molar-refractivity contribution in [2.75, 3.05) is 6.61 Å². The van der Waals surface area contributed by atoms with Gasteiger partial charge in [-0.05, 0) is 0 Å². The van der Waals surface area contributed by atoms with Gasteiger partial charge in [0.25, 0.3) is 0 Å². The summed E-state index contributed by atoms with van der Waals surface area (Å²) >= 11 is 1.70. The summed E-state index contributed by atoms with van der Waals surface area (Å²) in [6.45, 7) is 6.70. The first-order valence-corrected chi connectivity index (χ1v) is 4.09. The van der Waals surface area contributed by atoms with E-state index in [0.717, 1.165) is 0 Å². The molecule has 2 unspecified atom stereocenters. The molecule has 0 heterocycles. The van der Waals surface area contributed by atoms with Crippen molar-refractivity contribution in [3.8, 4) is 0 Å². The molecule has 0 aliphatic heterocycles. The minimum absolute atomic E-state index is 0. The van der Waals surface area contributed by atoms with E-state index in [-0.39, 0.29) is 17.0 Å². The van der Waals surface area contributed by atoms with Crippen LogP contribution < -0.4 is 0 Å². The first-order chi connectivity index (χ1) is 3.48. The Morgan fingerprint density at radius 3 is 1.89 bits per heavy atom. The summed E-state index contributed by atoms with van der Waals surface area (Å²) < 4.78 is 0.321. The van der Waals surface area contributed by atoms with Gasteiger partial charge in [0, 0.05) is 0 Å². The van der Waals surface area contributed by atoms with Crippen molar-refractivity contribution in [3.05, 3.63) is 0 Å². The molecule has 0 bridgehead atoms. The summed E-state index contributed by atoms with van der Waals surface area (Å²) in [5.41, 5.74) is 0. The summed E-state index contributed by atoms with van der Waals surface area (Å²) in [5, 5.41) is 8.68. The first-order valence-electron chi connectivity index (χ1n) is 2.88. The van der Waals surface area contributed by atoms with E-state index >= 15 is 0 Å². The van der Waals surface area contributed by atoms with Crippen LogP contribution in [0.25, 0.3) is 0 Å². The SMILES string of the molecule is Br.CC(CO)C(C)(C)[AsH2]. The zero-order valence-electron chi connectivity index (χ0n) is 6.22. The Labute approximate surface area is 76.5 Å². The van der Waals surface area contributed by atoms with E-state index in [1.807, 2.05) is 0 Å². The van der Waals surface area contributed by atoms with Crippen molar-refractivity contribution < 1.29 is 5.11 Å². The Morgan fingerprint density at radius 2 is 1.89 bits per heavy atom. The van der Waals surface area contributed by atoms with Gasteiger partial charge in [0.1, 0.15) is 0 Å². The molecule has 0 aromatic rings. The maximum absolute atomic E-state index is 8.68. The quantitative estimate of drug-likeness (QED) is 0.734. The Balaban J connectivity index is 0. The molecule has 0 fully saturated rings. The molecular weight excluding hydrogens is 243 g/mol. The van der Waals surface area contributed by atoms with Gasteiger partial charge < -0.3 is 0 Å². The summed E-state index contributed by atoms with van der Waals surface area (Å²) in [6.07, 6.45) is 0. The Bertz CT molecular complexity index is 69.9. The third-order valence-corrected chi connectivity index (χ3v) is 2.74. The van der Waals surface area contributed by atoms with E-state index in [1.165, 1.54) is 0 Å². The van der Waals surface area contributed by atoms with Gasteiger partial charge in [-0.15, -0.1) is 17.0 Å². The molecular formula is C6H16AsBrO. The topological polar surface area (TPSA) is 20.2 Å². The van der Waals surface area contributed by atoms with E-state index in [1.54, 1.807) is 16.9 Å². The molecule has 9 heavy (non-hydrogen) atoms. The monoisotopic (exact) mass is 258 g/mol. The number of hydrogen-bond donors (Lipinski definition) is 1. The van der Waals surface area contributed by atoms with Crippen LogP contribution in [-0.2, 0) is 0 Å². The van der Waals surface area contributed by atoms with Gasteiger partial charge in [-0.2, -0.15) is 0 Å². The molecule has 58 valence electrons. The number of aliphatic hydroxyl groups is 1. The molecule has 0 aromatic heterocycles. The van der Waals surface area contributed by atoms with Crippen molar-refractivity contribution in [1.82, 2.24) is 0 Å². The molecule has 1 N–H and O–H groups in total. The molecule has 0 radical (unpaired) electrons. The number of rotatable bonds is 2. The summed E-state index contributed by atoms with van der Waals surface area (Å²) in [6, 6.07) is 0. The van der Waals surface area contributed by atoms with Crippen LogP contribution >= 0.6 is 17.0 Å². The van der Waals surface area contributed by atoms with Gasteiger partial charge in [-0.1, -0.05) is 0 Å². The van der Waals surface area contributed by atoms with Crippen molar-refractivity contribution in [2.45, 2.75) is 25.0 Å². The molecule has 1 nitrogen and oxygen atoms in total. The zero-order chi connectivity index (χ0) is 6.78. The molecule has 0 aliphatic rings. The number of aliphatic hydroxyl groups excluding tert-OH is 1. The zero-order valence-corrected chi connectivity index (χ0v) is 10.4. The molecule has 3 heteroatoms. The molecule has 0 rings (SSSR count). The van der Waals surface area contributed by atoms with Crippen molar-refractivity contribution >= 4 is 33.8 Å². The van der Waals surface area contributed by atoms with Gasteiger partial charge in [0.15, 0.2) is 0 Å². The Morgan fingerprint density at radius 1 is 1.56 bits per heavy atom. The van der Waals surface area contributed by atoms with E-state index in [4.69, 9.17) is 5.11 Å². The van der Waals surface area contributed by atoms with Crippen molar-refractivity contribution in [3.63, 3.8) is 0 Å². The fourth-order valence-corrected chi connectivity index (χ4v) is 0.456. The van der Waals surface area contributed by atoms with Crippen LogP contribution in [0.4, 0.5) is 0 Å². The number of halogens is 1. The molecule has 0 aliphatic carbocycles. The van der Waals surface area contributed by atoms with Gasteiger partial charge >= 0.3 is 59.5 Å². The first kappa shape index (κ1) is 12.7. The van der Waals surface area contributed by atoms with Gasteiger partial charge in [0.05, 0.1) is 0 Å². The van der Waals surface area contributed by atoms with Crippen LogP contribution in [0.5, 0.6) is 0 Å². The molecule has 0 saturated carbocycles. The van der Waals surface area contributed by atoms with Crippen LogP contribution in [0.1, 0.15) is 20.8 Å². The van der Waals surface area contributed by atoms with E-state index in [9.17, 15) is 0 Å². The van der Waals surface area contributed by atoms with Crippen LogP contribution in [-0.4, -0.2) is 28.6 Å². The normalized spacial score (nSPS) is 14.3. The van der Waals surface area contributed by atoms with E-state index < -0.39 is 0 Å². The van der Waals surface area contributed by atoms with Gasteiger partial charge in [0.2, 0.25) is 0 Å². The fourth-order valence-electron chi connectivity index (χ4n) is 0.235. The summed E-state index contributed by atoms with van der Waals surface area (Å²) in [5.74, 6) is 0.433. The molecule has 0 amide bonds. The van der Waals surface area contributed by atoms with Crippen molar-refractivity contribution in [2.24, 2.45) is 5.92 Å². The summed E-state index contributed by atoms with van der Waals surface area (Å²) in [7, 11) is 0. The van der Waals surface area contributed by atoms with Gasteiger partial charge in [-0.3, -0.25) is 0 Å². The minimum atomic E-state index is 0. The van der Waals surface area contributed by atoms with E-state index in [2.05, 4.69) is 20.8 Å². The Kier molecular flexibility index (Phi) is 6.69. The molecule has 0 spiro atoms. The van der Waals surface area contributed by atoms with Crippen LogP contribution in [0.15, 0.2) is 0 Å². The third kappa shape index (κ3) is 5.44. The van der Waals surface area contributed by atoms with Crippen LogP contribution in [0.3, 0.4) is 0 Å². The summed E-state index contributed by atoms with van der Waals surface area (Å²) in [4.78, 5) is 0. The molecule has 0 aromatic carbocycles. The molecule has 0 saturated heterocycles. The second-order valence-corrected chi connectivity index (χ2v) is 6.03. The van der Waals surface area contributed by atoms with Crippen LogP contribution in [0, 0.1) is 5.92 Å². The van der Waals surface area contributed by atoms with Crippen LogP contribution in [0.2, 0.25) is 4.20 Å². The standard InChI is InChI=1S/C6H15AsO.BrH/c1-5(4-8)6(2,3)7;/h5,8H,4,7H2,1-3H3;1H. The fraction of sp³-hybridized carbons (Fsp3) is 1.00. The average molecular weight is 259 g/mol. The second kappa shape index (κ2) is 4.76. The second-order valence-electron chi connectivity index (χ2n) is 2.90.